The van der Waals surface area contributed by atoms with Gasteiger partial charge in [0.25, 0.3) is 0 Å². The fourth-order valence-electron chi connectivity index (χ4n) is 2.20. The van der Waals surface area contributed by atoms with Crippen LogP contribution in [-0.4, -0.2) is 9.93 Å². The third kappa shape index (κ3) is 2.43. The molecule has 0 saturated heterocycles. The lowest BCUT2D eigenvalue weighted by atomic mass is 9.89. The molecule has 0 saturated carbocycles. The zero-order valence-corrected chi connectivity index (χ0v) is 10.6. The molecule has 1 aromatic rings. The Morgan fingerprint density at radius 3 is 2.53 bits per heavy atom. The van der Waals surface area contributed by atoms with Gasteiger partial charge in [0.05, 0.1) is 6.10 Å². The summed E-state index contributed by atoms with van der Waals surface area (Å²) in [6.45, 7) is 1.98. The summed E-state index contributed by atoms with van der Waals surface area (Å²) in [5, 5.41) is 9.95. The molecule has 1 aliphatic carbocycles. The topological polar surface area (TPSA) is 20.2 Å². The highest BCUT2D eigenvalue weighted by Gasteiger charge is 2.16. The minimum atomic E-state index is -0.391. The Kier molecular flexibility index (Phi) is 3.47. The van der Waals surface area contributed by atoms with Gasteiger partial charge in [-0.25, -0.2) is 0 Å². The first-order valence-electron chi connectivity index (χ1n) is 5.62. The number of aliphatic hydroxyl groups excluding tert-OH is 1. The van der Waals surface area contributed by atoms with E-state index in [2.05, 4.69) is 34.1 Å². The van der Waals surface area contributed by atoms with E-state index in [0.29, 0.717) is 0 Å². The third-order valence-electron chi connectivity index (χ3n) is 3.15. The Labute approximate surface area is 99.6 Å². The quantitative estimate of drug-likeness (QED) is 0.816. The minimum Gasteiger partial charge on any atom is -0.387 e. The van der Waals surface area contributed by atoms with E-state index in [1.807, 2.05) is 6.92 Å². The number of fused-ring (bicyclic) bond motifs is 1. The van der Waals surface area contributed by atoms with E-state index < -0.39 is 6.10 Å². The zero-order chi connectivity index (χ0) is 10.8. The van der Waals surface area contributed by atoms with Crippen molar-refractivity contribution in [2.75, 3.05) is 0 Å². The van der Waals surface area contributed by atoms with E-state index in [1.165, 1.54) is 36.8 Å². The molecule has 15 heavy (non-hydrogen) atoms. The summed E-state index contributed by atoms with van der Waals surface area (Å²) in [7, 11) is 0. The first-order chi connectivity index (χ1) is 7.18. The Bertz CT molecular complexity index is 346. The molecule has 2 rings (SSSR count). The first kappa shape index (κ1) is 11.2. The molecule has 2 heteroatoms. The highest BCUT2D eigenvalue weighted by atomic mass is 79.9. The molecule has 1 nitrogen and oxygen atoms in total. The SMILES string of the molecule is CC(Br)C(O)c1ccc2c(c1)CCCC2. The van der Waals surface area contributed by atoms with Crippen LogP contribution in [0.5, 0.6) is 0 Å². The molecule has 1 N–H and O–H groups in total. The van der Waals surface area contributed by atoms with Gasteiger partial charge >= 0.3 is 0 Å². The second kappa shape index (κ2) is 4.67. The van der Waals surface area contributed by atoms with E-state index in [-0.39, 0.29) is 4.83 Å². The van der Waals surface area contributed by atoms with Gasteiger partial charge in [-0.3, -0.25) is 0 Å². The van der Waals surface area contributed by atoms with Gasteiger partial charge in [-0.2, -0.15) is 0 Å². The van der Waals surface area contributed by atoms with Crippen LogP contribution in [0.4, 0.5) is 0 Å². The van der Waals surface area contributed by atoms with Crippen LogP contribution in [0.1, 0.15) is 42.6 Å². The molecule has 0 heterocycles. The molecule has 2 unspecified atom stereocenters. The summed E-state index contributed by atoms with van der Waals surface area (Å²) in [5.74, 6) is 0. The predicted molar refractivity (Wildman–Crippen MR) is 66.4 cm³/mol. The van der Waals surface area contributed by atoms with Gasteiger partial charge in [-0.1, -0.05) is 34.1 Å². The average Bonchev–Trinajstić information content (AvgIpc) is 2.27. The summed E-state index contributed by atoms with van der Waals surface area (Å²) in [6, 6.07) is 6.42. The maximum atomic E-state index is 9.95. The van der Waals surface area contributed by atoms with Crippen LogP contribution in [0.15, 0.2) is 18.2 Å². The molecule has 0 spiro atoms. The number of halogens is 1. The number of hydrogen-bond donors (Lipinski definition) is 1. The van der Waals surface area contributed by atoms with Crippen LogP contribution in [0.3, 0.4) is 0 Å². The molecular formula is C13H17BrO. The molecular weight excluding hydrogens is 252 g/mol. The van der Waals surface area contributed by atoms with E-state index in [1.54, 1.807) is 0 Å². The molecule has 82 valence electrons. The number of benzene rings is 1. The molecule has 0 amide bonds. The number of aliphatic hydroxyl groups is 1. The Balaban J connectivity index is 2.27. The fourth-order valence-corrected chi connectivity index (χ4v) is 2.51. The molecule has 1 aliphatic rings. The van der Waals surface area contributed by atoms with Crippen molar-refractivity contribution < 1.29 is 5.11 Å². The van der Waals surface area contributed by atoms with Crippen LogP contribution >= 0.6 is 15.9 Å². The van der Waals surface area contributed by atoms with Crippen molar-refractivity contribution in [3.63, 3.8) is 0 Å². The zero-order valence-electron chi connectivity index (χ0n) is 9.04. The fraction of sp³-hybridized carbons (Fsp3) is 0.538. The Morgan fingerprint density at radius 1 is 1.20 bits per heavy atom. The lowest BCUT2D eigenvalue weighted by Gasteiger charge is -2.19. The normalized spacial score (nSPS) is 19.4. The average molecular weight is 269 g/mol. The summed E-state index contributed by atoms with van der Waals surface area (Å²) in [5.41, 5.74) is 3.95. The van der Waals surface area contributed by atoms with E-state index >= 15 is 0 Å². The lowest BCUT2D eigenvalue weighted by molar-refractivity contribution is 0.181. The Morgan fingerprint density at radius 2 is 1.87 bits per heavy atom. The first-order valence-corrected chi connectivity index (χ1v) is 6.54. The molecule has 1 aromatic carbocycles. The summed E-state index contributed by atoms with van der Waals surface area (Å²) in [4.78, 5) is 0.110. The molecule has 0 aliphatic heterocycles. The van der Waals surface area contributed by atoms with Crippen molar-refractivity contribution >= 4 is 15.9 Å². The van der Waals surface area contributed by atoms with E-state index in [9.17, 15) is 5.11 Å². The summed E-state index contributed by atoms with van der Waals surface area (Å²) >= 11 is 3.42. The Hall–Kier alpha value is -0.340. The van der Waals surface area contributed by atoms with Crippen LogP contribution < -0.4 is 0 Å². The maximum Gasteiger partial charge on any atom is 0.0912 e. The van der Waals surface area contributed by atoms with Crippen molar-refractivity contribution in [1.82, 2.24) is 0 Å². The maximum absolute atomic E-state index is 9.95. The minimum absolute atomic E-state index is 0.110. The number of rotatable bonds is 2. The summed E-state index contributed by atoms with van der Waals surface area (Å²) in [6.07, 6.45) is 4.58. The number of aryl methyl sites for hydroxylation is 2. The van der Waals surface area contributed by atoms with Crippen molar-refractivity contribution in [3.8, 4) is 0 Å². The standard InChI is InChI=1S/C13H17BrO/c1-9(14)13(15)12-7-6-10-4-2-3-5-11(10)8-12/h6-9,13,15H,2-5H2,1H3. The van der Waals surface area contributed by atoms with Crippen molar-refractivity contribution in [1.29, 1.82) is 0 Å². The van der Waals surface area contributed by atoms with E-state index in [0.717, 1.165) is 5.56 Å². The van der Waals surface area contributed by atoms with Crippen molar-refractivity contribution in [2.24, 2.45) is 0 Å². The second-order valence-electron chi connectivity index (χ2n) is 4.36. The molecule has 0 radical (unpaired) electrons. The number of hydrogen-bond acceptors (Lipinski definition) is 1. The second-order valence-corrected chi connectivity index (χ2v) is 5.80. The van der Waals surface area contributed by atoms with Gasteiger partial charge in [0.15, 0.2) is 0 Å². The predicted octanol–water partition coefficient (Wildman–Crippen LogP) is 3.38. The van der Waals surface area contributed by atoms with E-state index in [4.69, 9.17) is 0 Å². The van der Waals surface area contributed by atoms with Gasteiger partial charge in [0.1, 0.15) is 0 Å². The molecule has 0 bridgehead atoms. The van der Waals surface area contributed by atoms with Crippen molar-refractivity contribution in [2.45, 2.75) is 43.5 Å². The van der Waals surface area contributed by atoms with Gasteiger partial charge < -0.3 is 5.11 Å². The highest BCUT2D eigenvalue weighted by molar-refractivity contribution is 9.09. The molecule has 0 aromatic heterocycles. The largest absolute Gasteiger partial charge is 0.387 e. The van der Waals surface area contributed by atoms with Gasteiger partial charge in [0, 0.05) is 4.83 Å². The van der Waals surface area contributed by atoms with Crippen LogP contribution in [-0.2, 0) is 12.8 Å². The number of alkyl halides is 1. The van der Waals surface area contributed by atoms with Crippen molar-refractivity contribution in [3.05, 3.63) is 34.9 Å². The summed E-state index contributed by atoms with van der Waals surface area (Å²) < 4.78 is 0. The van der Waals surface area contributed by atoms with Gasteiger partial charge in [-0.05, 0) is 49.3 Å². The van der Waals surface area contributed by atoms with Crippen LogP contribution in [0.2, 0.25) is 0 Å². The monoisotopic (exact) mass is 268 g/mol. The van der Waals surface area contributed by atoms with Crippen LogP contribution in [0.25, 0.3) is 0 Å². The third-order valence-corrected chi connectivity index (χ3v) is 3.65. The smallest absolute Gasteiger partial charge is 0.0912 e. The van der Waals surface area contributed by atoms with Crippen LogP contribution in [0, 0.1) is 0 Å². The van der Waals surface area contributed by atoms with Gasteiger partial charge in [0.2, 0.25) is 0 Å². The molecule has 0 fully saturated rings. The molecule has 2 atom stereocenters. The van der Waals surface area contributed by atoms with Gasteiger partial charge in [-0.15, -0.1) is 0 Å². The highest BCUT2D eigenvalue weighted by Crippen LogP contribution is 2.27. The lowest BCUT2D eigenvalue weighted by Crippen LogP contribution is -2.10.